The number of carbonyl (C=O) groups is 1. The summed E-state index contributed by atoms with van der Waals surface area (Å²) in [5, 5.41) is 2.71. The molecule has 1 aliphatic heterocycles. The first-order chi connectivity index (χ1) is 10.4. The SMILES string of the molecule is CC(=CC(=O)NCC1CCOC1)c1ccccc1C(F)(F)F. The van der Waals surface area contributed by atoms with Crippen LogP contribution in [0.15, 0.2) is 30.3 Å². The van der Waals surface area contributed by atoms with Crippen molar-refractivity contribution in [3.8, 4) is 0 Å². The van der Waals surface area contributed by atoms with E-state index < -0.39 is 11.7 Å². The van der Waals surface area contributed by atoms with Crippen molar-refractivity contribution in [3.63, 3.8) is 0 Å². The van der Waals surface area contributed by atoms with E-state index in [1.54, 1.807) is 0 Å². The van der Waals surface area contributed by atoms with Crippen molar-refractivity contribution in [2.75, 3.05) is 19.8 Å². The minimum Gasteiger partial charge on any atom is -0.381 e. The molecule has 1 saturated heterocycles. The highest BCUT2D eigenvalue weighted by molar-refractivity contribution is 5.95. The van der Waals surface area contributed by atoms with E-state index in [0.29, 0.717) is 19.8 Å². The van der Waals surface area contributed by atoms with Crippen LogP contribution in [0, 0.1) is 5.92 Å². The summed E-state index contributed by atoms with van der Waals surface area (Å²) in [6.45, 7) is 3.28. The fraction of sp³-hybridized carbons (Fsp3) is 0.438. The number of carbonyl (C=O) groups excluding carboxylic acids is 1. The molecule has 0 aromatic heterocycles. The van der Waals surface area contributed by atoms with Crippen LogP contribution in [0.25, 0.3) is 5.57 Å². The molecule has 1 fully saturated rings. The zero-order valence-electron chi connectivity index (χ0n) is 12.2. The van der Waals surface area contributed by atoms with Crippen LogP contribution in [0.2, 0.25) is 0 Å². The molecule has 3 nitrogen and oxygen atoms in total. The van der Waals surface area contributed by atoms with Gasteiger partial charge in [-0.2, -0.15) is 13.2 Å². The molecule has 1 atom stereocenters. The van der Waals surface area contributed by atoms with E-state index in [-0.39, 0.29) is 23.0 Å². The fourth-order valence-electron chi connectivity index (χ4n) is 2.39. The van der Waals surface area contributed by atoms with E-state index in [9.17, 15) is 18.0 Å². The van der Waals surface area contributed by atoms with Gasteiger partial charge in [0.2, 0.25) is 5.91 Å². The average Bonchev–Trinajstić information content (AvgIpc) is 2.97. The summed E-state index contributed by atoms with van der Waals surface area (Å²) in [6, 6.07) is 5.24. The molecule has 1 aromatic carbocycles. The molecule has 1 unspecified atom stereocenters. The fourth-order valence-corrected chi connectivity index (χ4v) is 2.39. The molecular formula is C16H18F3NO2. The molecule has 2 rings (SSSR count). The lowest BCUT2D eigenvalue weighted by Crippen LogP contribution is -2.28. The van der Waals surface area contributed by atoms with Crippen LogP contribution in [0.5, 0.6) is 0 Å². The maximum absolute atomic E-state index is 13.0. The maximum atomic E-state index is 13.0. The van der Waals surface area contributed by atoms with Gasteiger partial charge in [-0.15, -0.1) is 0 Å². The van der Waals surface area contributed by atoms with Gasteiger partial charge in [0.25, 0.3) is 0 Å². The molecular weight excluding hydrogens is 295 g/mol. The second kappa shape index (κ2) is 6.96. The summed E-state index contributed by atoms with van der Waals surface area (Å²) in [5.41, 5.74) is -0.428. The van der Waals surface area contributed by atoms with Gasteiger partial charge in [0.05, 0.1) is 12.2 Å². The number of hydrogen-bond donors (Lipinski definition) is 1. The average molecular weight is 313 g/mol. The van der Waals surface area contributed by atoms with Crippen LogP contribution in [0.3, 0.4) is 0 Å². The minimum absolute atomic E-state index is 0.0225. The van der Waals surface area contributed by atoms with Crippen molar-refractivity contribution in [1.82, 2.24) is 5.32 Å². The van der Waals surface area contributed by atoms with Crippen LogP contribution in [-0.2, 0) is 15.7 Å². The number of halogens is 3. The summed E-state index contributed by atoms with van der Waals surface area (Å²) in [5.74, 6) is -0.110. The van der Waals surface area contributed by atoms with Crippen LogP contribution in [-0.4, -0.2) is 25.7 Å². The molecule has 1 aromatic rings. The van der Waals surface area contributed by atoms with Crippen molar-refractivity contribution < 1.29 is 22.7 Å². The Hall–Kier alpha value is -1.82. The first-order valence-electron chi connectivity index (χ1n) is 7.08. The molecule has 1 aliphatic rings. The molecule has 0 saturated carbocycles. The molecule has 22 heavy (non-hydrogen) atoms. The van der Waals surface area contributed by atoms with E-state index in [2.05, 4.69) is 5.32 Å². The summed E-state index contributed by atoms with van der Waals surface area (Å²) in [7, 11) is 0. The molecule has 0 aliphatic carbocycles. The van der Waals surface area contributed by atoms with Gasteiger partial charge in [-0.3, -0.25) is 4.79 Å². The van der Waals surface area contributed by atoms with Crippen LogP contribution < -0.4 is 5.32 Å². The smallest absolute Gasteiger partial charge is 0.381 e. The van der Waals surface area contributed by atoms with E-state index in [1.165, 1.54) is 31.2 Å². The third-order valence-electron chi connectivity index (χ3n) is 3.59. The Bertz CT molecular complexity index is 561. The summed E-state index contributed by atoms with van der Waals surface area (Å²) in [6.07, 6.45) is -2.34. The molecule has 0 radical (unpaired) electrons. The number of alkyl halides is 3. The number of hydrogen-bond acceptors (Lipinski definition) is 2. The highest BCUT2D eigenvalue weighted by atomic mass is 19.4. The summed E-state index contributed by atoms with van der Waals surface area (Å²) in [4.78, 5) is 11.8. The zero-order valence-corrected chi connectivity index (χ0v) is 12.2. The molecule has 1 N–H and O–H groups in total. The lowest BCUT2D eigenvalue weighted by atomic mass is 10.00. The van der Waals surface area contributed by atoms with Gasteiger partial charge >= 0.3 is 6.18 Å². The van der Waals surface area contributed by atoms with E-state index >= 15 is 0 Å². The highest BCUT2D eigenvalue weighted by Gasteiger charge is 2.33. The van der Waals surface area contributed by atoms with Crippen molar-refractivity contribution in [2.45, 2.75) is 19.5 Å². The Kier molecular flexibility index (Phi) is 5.24. The Morgan fingerprint density at radius 2 is 2.14 bits per heavy atom. The lowest BCUT2D eigenvalue weighted by Gasteiger charge is -2.13. The topological polar surface area (TPSA) is 38.3 Å². The predicted molar refractivity (Wildman–Crippen MR) is 77.0 cm³/mol. The third-order valence-corrected chi connectivity index (χ3v) is 3.59. The molecule has 120 valence electrons. The Labute approximate surface area is 127 Å². The number of allylic oxidation sites excluding steroid dienone is 1. The van der Waals surface area contributed by atoms with Gasteiger partial charge < -0.3 is 10.1 Å². The van der Waals surface area contributed by atoms with Crippen molar-refractivity contribution in [2.24, 2.45) is 5.92 Å². The third kappa shape index (κ3) is 4.34. The van der Waals surface area contributed by atoms with Crippen molar-refractivity contribution >= 4 is 11.5 Å². The van der Waals surface area contributed by atoms with Crippen LogP contribution >= 0.6 is 0 Å². The van der Waals surface area contributed by atoms with Crippen LogP contribution in [0.1, 0.15) is 24.5 Å². The van der Waals surface area contributed by atoms with Crippen molar-refractivity contribution in [3.05, 3.63) is 41.5 Å². The van der Waals surface area contributed by atoms with E-state index in [1.807, 2.05) is 0 Å². The number of amides is 1. The molecule has 0 spiro atoms. The molecule has 0 bridgehead atoms. The number of rotatable bonds is 4. The monoisotopic (exact) mass is 313 g/mol. The maximum Gasteiger partial charge on any atom is 0.416 e. The normalized spacial score (nSPS) is 19.3. The molecule has 1 heterocycles. The first kappa shape index (κ1) is 16.5. The van der Waals surface area contributed by atoms with Gasteiger partial charge in [-0.05, 0) is 30.5 Å². The Morgan fingerprint density at radius 3 is 2.77 bits per heavy atom. The minimum atomic E-state index is -4.44. The van der Waals surface area contributed by atoms with Gasteiger partial charge in [0.15, 0.2) is 0 Å². The second-order valence-corrected chi connectivity index (χ2v) is 5.35. The standard InChI is InChI=1S/C16H18F3NO2/c1-11(8-15(21)20-9-12-6-7-22-10-12)13-4-2-3-5-14(13)16(17,18)19/h2-5,8,12H,6-7,9-10H2,1H3,(H,20,21). The zero-order chi connectivity index (χ0) is 16.2. The van der Waals surface area contributed by atoms with Gasteiger partial charge in [-0.25, -0.2) is 0 Å². The molecule has 1 amide bonds. The van der Waals surface area contributed by atoms with E-state index in [0.717, 1.165) is 12.5 Å². The number of nitrogens with one attached hydrogen (secondary N) is 1. The summed E-state index contributed by atoms with van der Waals surface area (Å²) < 4.78 is 44.1. The first-order valence-corrected chi connectivity index (χ1v) is 7.08. The van der Waals surface area contributed by atoms with Crippen LogP contribution in [0.4, 0.5) is 13.2 Å². The molecule has 6 heteroatoms. The number of benzene rings is 1. The van der Waals surface area contributed by atoms with Crippen molar-refractivity contribution in [1.29, 1.82) is 0 Å². The van der Waals surface area contributed by atoms with Gasteiger partial charge in [-0.1, -0.05) is 18.2 Å². The Balaban J connectivity index is 2.06. The number of ether oxygens (including phenoxy) is 1. The lowest BCUT2D eigenvalue weighted by molar-refractivity contribution is -0.137. The largest absolute Gasteiger partial charge is 0.416 e. The quantitative estimate of drug-likeness (QED) is 0.867. The Morgan fingerprint density at radius 1 is 1.41 bits per heavy atom. The van der Waals surface area contributed by atoms with E-state index in [4.69, 9.17) is 4.74 Å². The van der Waals surface area contributed by atoms with Gasteiger partial charge in [0.1, 0.15) is 0 Å². The predicted octanol–water partition coefficient (Wildman–Crippen LogP) is 3.26. The van der Waals surface area contributed by atoms with Gasteiger partial charge in [0, 0.05) is 25.1 Å². The highest BCUT2D eigenvalue weighted by Crippen LogP contribution is 2.34. The summed E-state index contributed by atoms with van der Waals surface area (Å²) >= 11 is 0. The second-order valence-electron chi connectivity index (χ2n) is 5.35.